The zero-order chi connectivity index (χ0) is 26.0. The van der Waals surface area contributed by atoms with Gasteiger partial charge in [0.05, 0.1) is 5.92 Å². The molecule has 192 valence electrons. The fourth-order valence-electron chi connectivity index (χ4n) is 5.04. The van der Waals surface area contributed by atoms with E-state index in [1.165, 1.54) is 0 Å². The van der Waals surface area contributed by atoms with Crippen molar-refractivity contribution in [2.24, 2.45) is 0 Å². The number of likely N-dealkylation sites (N-methyl/N-ethyl adjacent to an activating group) is 1. The number of amides is 2. The normalized spacial score (nSPS) is 16.5. The van der Waals surface area contributed by atoms with Gasteiger partial charge in [-0.1, -0.05) is 111 Å². The second-order valence-corrected chi connectivity index (χ2v) is 9.47. The van der Waals surface area contributed by atoms with Gasteiger partial charge in [0.25, 0.3) is 0 Å². The number of hydrogen-bond acceptors (Lipinski definition) is 3. The number of benzene rings is 3. The largest absolute Gasteiger partial charge is 0.353 e. The van der Waals surface area contributed by atoms with Crippen LogP contribution in [0.25, 0.3) is 6.08 Å². The molecule has 0 bridgehead atoms. The summed E-state index contributed by atoms with van der Waals surface area (Å²) in [6.45, 7) is 7.94. The molecule has 3 aromatic rings. The minimum atomic E-state index is -0.533. The molecule has 5 heteroatoms. The van der Waals surface area contributed by atoms with E-state index in [2.05, 4.69) is 30.1 Å². The van der Waals surface area contributed by atoms with Crippen molar-refractivity contribution in [3.05, 3.63) is 113 Å². The molecule has 1 N–H and O–H groups in total. The van der Waals surface area contributed by atoms with Gasteiger partial charge in [0.1, 0.15) is 6.04 Å². The topological polar surface area (TPSA) is 52.7 Å². The van der Waals surface area contributed by atoms with Gasteiger partial charge in [0, 0.05) is 19.6 Å². The lowest BCUT2D eigenvalue weighted by atomic mass is 9.90. The van der Waals surface area contributed by atoms with Crippen LogP contribution in [0.2, 0.25) is 0 Å². The Labute approximate surface area is 220 Å². The van der Waals surface area contributed by atoms with Crippen molar-refractivity contribution in [2.45, 2.75) is 32.2 Å². The van der Waals surface area contributed by atoms with Gasteiger partial charge in [0.2, 0.25) is 11.8 Å². The van der Waals surface area contributed by atoms with E-state index in [1.807, 2.05) is 91.0 Å². The minimum absolute atomic E-state index is 0.0437. The lowest BCUT2D eigenvalue weighted by Crippen LogP contribution is -2.48. The number of carbonyl (C=O) groups excluding carboxylic acids is 2. The molecule has 1 fully saturated rings. The zero-order valence-electron chi connectivity index (χ0n) is 21.8. The summed E-state index contributed by atoms with van der Waals surface area (Å²) in [5, 5.41) is 3.11. The Morgan fingerprint density at radius 2 is 1.43 bits per heavy atom. The predicted molar refractivity (Wildman–Crippen MR) is 150 cm³/mol. The van der Waals surface area contributed by atoms with Crippen LogP contribution >= 0.6 is 0 Å². The first-order valence-corrected chi connectivity index (χ1v) is 13.3. The Morgan fingerprint density at radius 1 is 0.892 bits per heavy atom. The highest BCUT2D eigenvalue weighted by Gasteiger charge is 2.40. The lowest BCUT2D eigenvalue weighted by Gasteiger charge is -2.29. The van der Waals surface area contributed by atoms with E-state index in [1.54, 1.807) is 4.90 Å². The summed E-state index contributed by atoms with van der Waals surface area (Å²) in [4.78, 5) is 31.8. The number of rotatable bonds is 10. The SMILES string of the molecule is CCN(CC)CCNC(=O)[C@@H]1CC(=Cc2ccccc2)CN1C(=O)C(c1ccccc1)c1ccccc1. The van der Waals surface area contributed by atoms with E-state index >= 15 is 0 Å². The highest BCUT2D eigenvalue weighted by atomic mass is 16.2. The molecule has 1 atom stereocenters. The number of nitrogens with one attached hydrogen (secondary N) is 1. The molecule has 1 saturated heterocycles. The monoisotopic (exact) mass is 495 g/mol. The highest BCUT2D eigenvalue weighted by molar-refractivity contribution is 5.94. The minimum Gasteiger partial charge on any atom is -0.353 e. The molecule has 0 aliphatic carbocycles. The molecule has 0 radical (unpaired) electrons. The molecule has 0 spiro atoms. The van der Waals surface area contributed by atoms with Crippen LogP contribution < -0.4 is 5.32 Å². The van der Waals surface area contributed by atoms with Gasteiger partial charge in [-0.3, -0.25) is 9.59 Å². The van der Waals surface area contributed by atoms with Gasteiger partial charge in [0.15, 0.2) is 0 Å². The summed E-state index contributed by atoms with van der Waals surface area (Å²) in [6.07, 6.45) is 2.65. The first-order chi connectivity index (χ1) is 18.1. The molecule has 37 heavy (non-hydrogen) atoms. The van der Waals surface area contributed by atoms with E-state index in [9.17, 15) is 9.59 Å². The Bertz CT molecular complexity index is 1130. The van der Waals surface area contributed by atoms with E-state index < -0.39 is 12.0 Å². The second-order valence-electron chi connectivity index (χ2n) is 9.47. The molecule has 3 aromatic carbocycles. The van der Waals surface area contributed by atoms with Crippen LogP contribution in [0.1, 0.15) is 42.9 Å². The second kappa shape index (κ2) is 13.0. The van der Waals surface area contributed by atoms with E-state index in [-0.39, 0.29) is 11.8 Å². The van der Waals surface area contributed by atoms with Crippen molar-refractivity contribution in [2.75, 3.05) is 32.7 Å². The fraction of sp³-hybridized carbons (Fsp3) is 0.312. The maximum Gasteiger partial charge on any atom is 0.243 e. The van der Waals surface area contributed by atoms with Gasteiger partial charge in [-0.25, -0.2) is 0 Å². The molecular weight excluding hydrogens is 458 g/mol. The van der Waals surface area contributed by atoms with Crippen molar-refractivity contribution >= 4 is 17.9 Å². The average molecular weight is 496 g/mol. The van der Waals surface area contributed by atoms with Crippen molar-refractivity contribution in [1.29, 1.82) is 0 Å². The highest BCUT2D eigenvalue weighted by Crippen LogP contribution is 2.32. The Hall–Kier alpha value is -3.70. The summed E-state index contributed by atoms with van der Waals surface area (Å²) in [5.74, 6) is -0.598. The van der Waals surface area contributed by atoms with Crippen LogP contribution in [0.3, 0.4) is 0 Å². The quantitative estimate of drug-likeness (QED) is 0.433. The molecule has 0 aromatic heterocycles. The summed E-state index contributed by atoms with van der Waals surface area (Å²) in [6, 6.07) is 29.3. The molecule has 1 heterocycles. The van der Waals surface area contributed by atoms with Crippen molar-refractivity contribution in [3.63, 3.8) is 0 Å². The molecule has 0 saturated carbocycles. The van der Waals surface area contributed by atoms with Crippen LogP contribution in [0.5, 0.6) is 0 Å². The molecule has 2 amide bonds. The Morgan fingerprint density at radius 3 is 1.97 bits per heavy atom. The maximum atomic E-state index is 14.2. The van der Waals surface area contributed by atoms with Gasteiger partial charge >= 0.3 is 0 Å². The third kappa shape index (κ3) is 6.75. The summed E-state index contributed by atoms with van der Waals surface area (Å²) < 4.78 is 0. The predicted octanol–water partition coefficient (Wildman–Crippen LogP) is 4.96. The van der Waals surface area contributed by atoms with Gasteiger partial charge in [-0.05, 0) is 41.8 Å². The smallest absolute Gasteiger partial charge is 0.243 e. The first kappa shape index (κ1) is 26.4. The third-order valence-electron chi connectivity index (χ3n) is 7.10. The number of likely N-dealkylation sites (tertiary alicyclic amines) is 1. The summed E-state index contributed by atoms with van der Waals surface area (Å²) in [7, 11) is 0. The number of nitrogens with zero attached hydrogens (tertiary/aromatic N) is 2. The Balaban J connectivity index is 1.62. The van der Waals surface area contributed by atoms with Crippen molar-refractivity contribution < 1.29 is 9.59 Å². The molecule has 1 aliphatic heterocycles. The van der Waals surface area contributed by atoms with Crippen LogP contribution in [0.15, 0.2) is 96.6 Å². The molecule has 4 rings (SSSR count). The van der Waals surface area contributed by atoms with Gasteiger partial charge in [-0.2, -0.15) is 0 Å². The van der Waals surface area contributed by atoms with Gasteiger partial charge < -0.3 is 15.1 Å². The van der Waals surface area contributed by atoms with Crippen molar-refractivity contribution in [1.82, 2.24) is 15.1 Å². The summed E-state index contributed by atoms with van der Waals surface area (Å²) >= 11 is 0. The standard InChI is InChI=1S/C32H37N3O2/c1-3-34(4-2)21-20-33-31(36)29-23-26(22-25-14-8-5-9-15-25)24-35(29)32(37)30(27-16-10-6-11-17-27)28-18-12-7-13-19-28/h5-19,22,29-30H,3-4,20-21,23-24H2,1-2H3,(H,33,36)/t29-/m0/s1. The van der Waals surface area contributed by atoms with E-state index in [4.69, 9.17) is 0 Å². The number of carbonyl (C=O) groups is 2. The fourth-order valence-corrected chi connectivity index (χ4v) is 5.04. The van der Waals surface area contributed by atoms with E-state index in [0.29, 0.717) is 19.5 Å². The first-order valence-electron chi connectivity index (χ1n) is 13.3. The van der Waals surface area contributed by atoms with Crippen LogP contribution in [-0.4, -0.2) is 60.4 Å². The van der Waals surface area contributed by atoms with Crippen LogP contribution in [-0.2, 0) is 9.59 Å². The maximum absolute atomic E-state index is 14.2. The third-order valence-corrected chi connectivity index (χ3v) is 7.10. The number of hydrogen-bond donors (Lipinski definition) is 1. The average Bonchev–Trinajstić information content (AvgIpc) is 3.37. The van der Waals surface area contributed by atoms with Crippen molar-refractivity contribution in [3.8, 4) is 0 Å². The molecular formula is C32H37N3O2. The zero-order valence-corrected chi connectivity index (χ0v) is 21.8. The van der Waals surface area contributed by atoms with Gasteiger partial charge in [-0.15, -0.1) is 0 Å². The Kier molecular flexibility index (Phi) is 9.28. The molecule has 5 nitrogen and oxygen atoms in total. The van der Waals surface area contributed by atoms with E-state index in [0.717, 1.165) is 41.9 Å². The molecule has 0 unspecified atom stereocenters. The van der Waals surface area contributed by atoms with Crippen LogP contribution in [0.4, 0.5) is 0 Å². The molecule has 1 aliphatic rings. The lowest BCUT2D eigenvalue weighted by molar-refractivity contribution is -0.138. The van der Waals surface area contributed by atoms with Crippen LogP contribution in [0, 0.1) is 0 Å². The summed E-state index contributed by atoms with van der Waals surface area (Å²) in [5.41, 5.74) is 4.03.